The molecule has 30 heavy (non-hydrogen) atoms. The number of piperidine rings is 1. The number of carbonyl (C=O) groups excluding carboxylic acids is 1. The average molecular weight is 409 g/mol. The summed E-state index contributed by atoms with van der Waals surface area (Å²) in [5.74, 6) is 0.146. The Hall–Kier alpha value is -2.93. The van der Waals surface area contributed by atoms with Gasteiger partial charge in [-0.2, -0.15) is 0 Å². The number of aryl methyl sites for hydroxylation is 1. The Morgan fingerprint density at radius 2 is 2.03 bits per heavy atom. The molecule has 1 fully saturated rings. The van der Waals surface area contributed by atoms with Crippen LogP contribution in [0.15, 0.2) is 53.5 Å². The van der Waals surface area contributed by atoms with E-state index >= 15 is 0 Å². The lowest BCUT2D eigenvalue weighted by Gasteiger charge is -2.33. The van der Waals surface area contributed by atoms with E-state index in [2.05, 4.69) is 4.98 Å². The maximum atomic E-state index is 13.2. The molecule has 0 saturated carbocycles. The second-order valence-electron chi connectivity index (χ2n) is 7.76. The van der Waals surface area contributed by atoms with Gasteiger partial charge in [0.2, 0.25) is 5.91 Å². The first-order valence-corrected chi connectivity index (χ1v) is 10.6. The van der Waals surface area contributed by atoms with Crippen LogP contribution in [0.25, 0.3) is 11.2 Å². The van der Waals surface area contributed by atoms with E-state index in [9.17, 15) is 9.59 Å². The molecule has 0 unspecified atom stereocenters. The fraction of sp³-hybridized carbons (Fsp3) is 0.435. The first-order chi connectivity index (χ1) is 14.7. The lowest BCUT2D eigenvalue weighted by Crippen LogP contribution is -2.43. The third-order valence-electron chi connectivity index (χ3n) is 5.83. The smallest absolute Gasteiger partial charge is 0.330 e. The van der Waals surface area contributed by atoms with Gasteiger partial charge in [0, 0.05) is 32.8 Å². The number of nitrogens with zero attached hydrogens (tertiary/aromatic N) is 4. The molecular formula is C23H28N4O3. The topological polar surface area (TPSA) is 69.4 Å². The van der Waals surface area contributed by atoms with Crippen molar-refractivity contribution in [1.82, 2.24) is 19.0 Å². The Morgan fingerprint density at radius 1 is 1.20 bits per heavy atom. The minimum Gasteiger partial charge on any atom is -0.383 e. The van der Waals surface area contributed by atoms with Crippen molar-refractivity contribution in [3.63, 3.8) is 0 Å². The maximum Gasteiger partial charge on any atom is 0.330 e. The number of rotatable bonds is 7. The van der Waals surface area contributed by atoms with E-state index in [4.69, 9.17) is 4.74 Å². The van der Waals surface area contributed by atoms with Crippen molar-refractivity contribution in [1.29, 1.82) is 0 Å². The van der Waals surface area contributed by atoms with Crippen molar-refractivity contribution in [2.45, 2.75) is 38.3 Å². The Balaban J connectivity index is 1.53. The van der Waals surface area contributed by atoms with Gasteiger partial charge in [-0.25, -0.2) is 9.78 Å². The molecule has 0 spiro atoms. The predicted molar refractivity (Wildman–Crippen MR) is 115 cm³/mol. The first kappa shape index (κ1) is 20.3. The summed E-state index contributed by atoms with van der Waals surface area (Å²) in [5.41, 5.74) is 2.58. The molecule has 158 valence electrons. The lowest BCUT2D eigenvalue weighted by atomic mass is 10.0. The van der Waals surface area contributed by atoms with Crippen molar-refractivity contribution in [3.05, 3.63) is 64.7 Å². The van der Waals surface area contributed by atoms with Crippen molar-refractivity contribution >= 4 is 17.1 Å². The third-order valence-corrected chi connectivity index (χ3v) is 5.83. The van der Waals surface area contributed by atoms with Crippen molar-refractivity contribution in [3.8, 4) is 0 Å². The summed E-state index contributed by atoms with van der Waals surface area (Å²) in [7, 11) is 1.63. The number of carbonyl (C=O) groups is 1. The zero-order valence-electron chi connectivity index (χ0n) is 17.4. The number of imidazole rings is 1. The van der Waals surface area contributed by atoms with E-state index in [1.807, 2.05) is 47.4 Å². The zero-order chi connectivity index (χ0) is 20.9. The second kappa shape index (κ2) is 9.26. The molecule has 1 aromatic carbocycles. The SMILES string of the molecule is COCCn1c(=O)n([C@H]2CCCN(C(=O)CCc3ccccc3)C2)c2ncccc21. The number of likely N-dealkylation sites (tertiary alicyclic amines) is 1. The highest BCUT2D eigenvalue weighted by Gasteiger charge is 2.28. The van der Waals surface area contributed by atoms with Gasteiger partial charge in [0.1, 0.15) is 0 Å². The van der Waals surface area contributed by atoms with Crippen LogP contribution in [0.5, 0.6) is 0 Å². The number of pyridine rings is 1. The van der Waals surface area contributed by atoms with Gasteiger partial charge < -0.3 is 9.64 Å². The number of ether oxygens (including phenoxy) is 1. The van der Waals surface area contributed by atoms with Gasteiger partial charge in [-0.05, 0) is 37.0 Å². The Bertz CT molecular complexity index is 1060. The summed E-state index contributed by atoms with van der Waals surface area (Å²) in [5, 5.41) is 0. The summed E-state index contributed by atoms with van der Waals surface area (Å²) >= 11 is 0. The molecule has 0 aliphatic carbocycles. The van der Waals surface area contributed by atoms with Gasteiger partial charge in [-0.1, -0.05) is 30.3 Å². The molecule has 7 heteroatoms. The Labute approximate surface area is 175 Å². The van der Waals surface area contributed by atoms with Gasteiger partial charge in [0.05, 0.1) is 24.7 Å². The van der Waals surface area contributed by atoms with Crippen LogP contribution in [-0.2, 0) is 22.5 Å². The summed E-state index contributed by atoms with van der Waals surface area (Å²) in [4.78, 5) is 32.4. The maximum absolute atomic E-state index is 13.2. The van der Waals surface area contributed by atoms with E-state index < -0.39 is 0 Å². The number of hydrogen-bond donors (Lipinski definition) is 0. The second-order valence-corrected chi connectivity index (χ2v) is 7.76. The molecule has 7 nitrogen and oxygen atoms in total. The number of amides is 1. The fourth-order valence-electron chi connectivity index (χ4n) is 4.28. The van der Waals surface area contributed by atoms with Crippen LogP contribution >= 0.6 is 0 Å². The minimum absolute atomic E-state index is 0.0619. The molecule has 1 saturated heterocycles. The van der Waals surface area contributed by atoms with E-state index in [1.54, 1.807) is 22.4 Å². The largest absolute Gasteiger partial charge is 0.383 e. The number of benzene rings is 1. The minimum atomic E-state index is -0.0793. The first-order valence-electron chi connectivity index (χ1n) is 10.6. The summed E-state index contributed by atoms with van der Waals surface area (Å²) in [6, 6.07) is 13.8. The standard InChI is InChI=1S/C23H28N4O3/c1-30-16-15-26-20-10-5-13-24-22(20)27(23(26)29)19-9-6-14-25(17-19)21(28)12-11-18-7-3-2-4-8-18/h2-5,7-8,10,13,19H,6,9,11-12,14-17H2,1H3/t19-/m0/s1. The molecule has 1 aliphatic rings. The van der Waals surface area contributed by atoms with Crippen LogP contribution in [0.1, 0.15) is 30.9 Å². The summed E-state index contributed by atoms with van der Waals surface area (Å²) in [6.45, 7) is 2.24. The molecule has 0 N–H and O–H groups in total. The van der Waals surface area contributed by atoms with Gasteiger partial charge in [0.25, 0.3) is 0 Å². The van der Waals surface area contributed by atoms with Gasteiger partial charge in [-0.3, -0.25) is 13.9 Å². The van der Waals surface area contributed by atoms with Crippen LogP contribution in [-0.4, -0.2) is 51.7 Å². The Morgan fingerprint density at radius 3 is 2.83 bits per heavy atom. The third kappa shape index (κ3) is 4.16. The molecule has 0 bridgehead atoms. The van der Waals surface area contributed by atoms with E-state index in [0.717, 1.165) is 31.3 Å². The number of hydrogen-bond acceptors (Lipinski definition) is 4. The van der Waals surface area contributed by atoms with Crippen LogP contribution in [0, 0.1) is 0 Å². The Kier molecular flexibility index (Phi) is 6.28. The summed E-state index contributed by atoms with van der Waals surface area (Å²) in [6.07, 6.45) is 4.68. The highest BCUT2D eigenvalue weighted by molar-refractivity contribution is 5.76. The molecule has 2 aromatic heterocycles. The predicted octanol–water partition coefficient (Wildman–Crippen LogP) is 2.64. The fourth-order valence-corrected chi connectivity index (χ4v) is 4.28. The van der Waals surface area contributed by atoms with Crippen LogP contribution in [0.4, 0.5) is 0 Å². The van der Waals surface area contributed by atoms with Gasteiger partial charge in [-0.15, -0.1) is 0 Å². The molecule has 3 aromatic rings. The van der Waals surface area contributed by atoms with Crippen molar-refractivity contribution < 1.29 is 9.53 Å². The van der Waals surface area contributed by atoms with Crippen LogP contribution in [0.2, 0.25) is 0 Å². The molecule has 1 aliphatic heterocycles. The monoisotopic (exact) mass is 408 g/mol. The van der Waals surface area contributed by atoms with E-state index in [1.165, 1.54) is 5.56 Å². The van der Waals surface area contributed by atoms with E-state index in [0.29, 0.717) is 31.8 Å². The molecule has 1 amide bonds. The summed E-state index contributed by atoms with van der Waals surface area (Å²) < 4.78 is 8.68. The highest BCUT2D eigenvalue weighted by Crippen LogP contribution is 2.24. The van der Waals surface area contributed by atoms with Gasteiger partial charge in [0.15, 0.2) is 5.65 Å². The lowest BCUT2D eigenvalue weighted by molar-refractivity contribution is -0.132. The highest BCUT2D eigenvalue weighted by atomic mass is 16.5. The van der Waals surface area contributed by atoms with E-state index in [-0.39, 0.29) is 17.6 Å². The normalized spacial score (nSPS) is 16.8. The molecule has 0 radical (unpaired) electrons. The van der Waals surface area contributed by atoms with Crippen molar-refractivity contribution in [2.24, 2.45) is 0 Å². The zero-order valence-corrected chi connectivity index (χ0v) is 17.4. The molecule has 3 heterocycles. The van der Waals surface area contributed by atoms with Crippen molar-refractivity contribution in [2.75, 3.05) is 26.8 Å². The van der Waals surface area contributed by atoms with Gasteiger partial charge >= 0.3 is 5.69 Å². The molecule has 4 rings (SSSR count). The molecule has 1 atom stereocenters. The number of fused-ring (bicyclic) bond motifs is 1. The van der Waals surface area contributed by atoms with Crippen LogP contribution in [0.3, 0.4) is 0 Å². The number of methoxy groups -OCH3 is 1. The molecular weight excluding hydrogens is 380 g/mol. The average Bonchev–Trinajstić information content (AvgIpc) is 3.08. The van der Waals surface area contributed by atoms with Crippen LogP contribution < -0.4 is 5.69 Å². The number of aromatic nitrogens is 3. The quantitative estimate of drug-likeness (QED) is 0.603.